The van der Waals surface area contributed by atoms with Gasteiger partial charge in [0.25, 0.3) is 0 Å². The number of piperidine rings is 1. The Balaban J connectivity index is 1.81. The summed E-state index contributed by atoms with van der Waals surface area (Å²) in [6.45, 7) is 15.5. The van der Waals surface area contributed by atoms with E-state index in [9.17, 15) is 36.4 Å². The van der Waals surface area contributed by atoms with Gasteiger partial charge in [-0.3, -0.25) is 14.4 Å². The first kappa shape index (κ1) is 37.9. The molecule has 0 unspecified atom stereocenters. The maximum atomic E-state index is 14.2. The highest BCUT2D eigenvalue weighted by atomic mass is 32.2. The van der Waals surface area contributed by atoms with Crippen molar-refractivity contribution < 1.29 is 36.4 Å². The number of urea groups is 1. The Hall–Kier alpha value is -2.55. The zero-order chi connectivity index (χ0) is 35.2. The van der Waals surface area contributed by atoms with E-state index in [0.717, 1.165) is 23.4 Å². The number of alkyl halides is 2. The number of hydrogen-bond acceptors (Lipinski definition) is 6. The molecule has 0 aromatic heterocycles. The lowest BCUT2D eigenvalue weighted by Gasteiger charge is -2.39. The third-order valence-electron chi connectivity index (χ3n) is 9.81. The topological polar surface area (TPSA) is 157 Å². The Morgan fingerprint density at radius 2 is 1.57 bits per heavy atom. The summed E-state index contributed by atoms with van der Waals surface area (Å²) in [7, 11) is -2.10. The first-order chi connectivity index (χ1) is 20.9. The number of likely N-dealkylation sites (N-methyl/N-ethyl adjacent to an activating group) is 1. The molecule has 1 heterocycles. The number of fused-ring (bicyclic) bond motifs is 1. The van der Waals surface area contributed by atoms with Crippen molar-refractivity contribution >= 4 is 33.8 Å². The lowest BCUT2D eigenvalue weighted by molar-refractivity contribution is -0.144. The molecule has 46 heavy (non-hydrogen) atoms. The Kier molecular flexibility index (Phi) is 11.1. The Morgan fingerprint density at radius 3 is 2.04 bits per heavy atom. The van der Waals surface area contributed by atoms with Gasteiger partial charge in [0, 0.05) is 39.1 Å². The van der Waals surface area contributed by atoms with E-state index in [0.29, 0.717) is 12.5 Å². The highest BCUT2D eigenvalue weighted by Crippen LogP contribution is 2.65. The van der Waals surface area contributed by atoms with Crippen molar-refractivity contribution in [2.75, 3.05) is 32.9 Å². The van der Waals surface area contributed by atoms with E-state index >= 15 is 0 Å². The van der Waals surface area contributed by atoms with Gasteiger partial charge in [0.1, 0.15) is 18.1 Å². The van der Waals surface area contributed by atoms with Crippen LogP contribution in [0.25, 0.3) is 0 Å². The van der Waals surface area contributed by atoms with E-state index in [-0.39, 0.29) is 30.3 Å². The minimum Gasteiger partial charge on any atom is -0.354 e. The van der Waals surface area contributed by atoms with Crippen molar-refractivity contribution in [3.8, 4) is 0 Å². The van der Waals surface area contributed by atoms with Crippen LogP contribution in [0.1, 0.15) is 74.7 Å². The van der Waals surface area contributed by atoms with Crippen LogP contribution in [0.4, 0.5) is 13.6 Å². The lowest BCUT2D eigenvalue weighted by atomic mass is 9.85. The summed E-state index contributed by atoms with van der Waals surface area (Å²) in [5.74, 6) is -1.80. The van der Waals surface area contributed by atoms with Crippen LogP contribution in [-0.2, 0) is 24.4 Å². The van der Waals surface area contributed by atoms with Crippen LogP contribution in [-0.4, -0.2) is 105 Å². The van der Waals surface area contributed by atoms with Crippen molar-refractivity contribution in [3.05, 3.63) is 0 Å². The number of halogens is 2. The number of carbonyl (C=O) groups excluding carboxylic acids is 4. The SMILES string of the molecule is CN(C[C@@H](NC(=O)N[C@H](C(=O)N1C[C@H]2[C@@H]([C@H]1C(=O)N[C@@H](CC(F)F)C(=O)NCC1CC1)C2(C)C)C(C)(C)C)C(C)(C)C)S(C)(=O)=O. The molecule has 264 valence electrons. The monoisotopic (exact) mass is 676 g/mol. The highest BCUT2D eigenvalue weighted by Gasteiger charge is 2.70. The lowest BCUT2D eigenvalue weighted by Crippen LogP contribution is -2.62. The van der Waals surface area contributed by atoms with Gasteiger partial charge < -0.3 is 26.2 Å². The quantitative estimate of drug-likeness (QED) is 0.234. The van der Waals surface area contributed by atoms with Gasteiger partial charge in [-0.2, -0.15) is 0 Å². The molecule has 0 bridgehead atoms. The van der Waals surface area contributed by atoms with Crippen molar-refractivity contribution in [3.63, 3.8) is 0 Å². The van der Waals surface area contributed by atoms with Gasteiger partial charge in [-0.1, -0.05) is 55.4 Å². The number of sulfonamides is 1. The number of carbonyl (C=O) groups is 4. The largest absolute Gasteiger partial charge is 0.354 e. The smallest absolute Gasteiger partial charge is 0.315 e. The van der Waals surface area contributed by atoms with Crippen molar-refractivity contribution in [2.45, 2.75) is 105 Å². The first-order valence-electron chi connectivity index (χ1n) is 16.0. The summed E-state index contributed by atoms with van der Waals surface area (Å²) in [5.41, 5.74) is -1.62. The van der Waals surface area contributed by atoms with E-state index in [1.165, 1.54) is 11.9 Å². The zero-order valence-corrected chi connectivity index (χ0v) is 29.7. The van der Waals surface area contributed by atoms with Gasteiger partial charge in [0.05, 0.1) is 6.26 Å². The molecule has 2 saturated carbocycles. The second kappa shape index (κ2) is 13.5. The van der Waals surface area contributed by atoms with Gasteiger partial charge >= 0.3 is 6.03 Å². The molecule has 4 N–H and O–H groups in total. The maximum Gasteiger partial charge on any atom is 0.315 e. The molecule has 3 aliphatic rings. The molecule has 1 aliphatic heterocycles. The number of nitrogens with one attached hydrogen (secondary N) is 4. The molecule has 2 aliphatic carbocycles. The third-order valence-corrected chi connectivity index (χ3v) is 11.1. The number of amides is 5. The van der Waals surface area contributed by atoms with Gasteiger partial charge in [0.2, 0.25) is 34.2 Å². The van der Waals surface area contributed by atoms with E-state index in [4.69, 9.17) is 0 Å². The molecule has 6 atom stereocenters. The summed E-state index contributed by atoms with van der Waals surface area (Å²) in [5, 5.41) is 10.8. The van der Waals surface area contributed by atoms with Gasteiger partial charge in [-0.05, 0) is 46.8 Å². The fraction of sp³-hybridized carbons (Fsp3) is 0.871. The van der Waals surface area contributed by atoms with E-state index in [1.54, 1.807) is 20.8 Å². The average Bonchev–Trinajstić information content (AvgIpc) is 3.75. The van der Waals surface area contributed by atoms with Crippen LogP contribution < -0.4 is 21.3 Å². The van der Waals surface area contributed by atoms with E-state index < -0.39 is 81.6 Å². The molecular formula is C31H54F2N6O6S. The minimum atomic E-state index is -3.52. The number of rotatable bonds is 13. The minimum absolute atomic E-state index is 0.00468. The van der Waals surface area contributed by atoms with E-state index in [1.807, 2.05) is 34.6 Å². The molecule has 5 amide bonds. The highest BCUT2D eigenvalue weighted by molar-refractivity contribution is 7.88. The Labute approximate surface area is 272 Å². The molecule has 15 heteroatoms. The van der Waals surface area contributed by atoms with Gasteiger partial charge in [-0.15, -0.1) is 0 Å². The van der Waals surface area contributed by atoms with Crippen LogP contribution in [0.5, 0.6) is 0 Å². The number of likely N-dealkylation sites (tertiary alicyclic amines) is 1. The van der Waals surface area contributed by atoms with E-state index in [2.05, 4.69) is 21.3 Å². The van der Waals surface area contributed by atoms with Gasteiger partial charge in [0.15, 0.2) is 0 Å². The average molecular weight is 677 g/mol. The molecule has 0 aromatic rings. The van der Waals surface area contributed by atoms with Crippen LogP contribution in [0.3, 0.4) is 0 Å². The molecule has 12 nitrogen and oxygen atoms in total. The predicted octanol–water partition coefficient (Wildman–Crippen LogP) is 2.16. The summed E-state index contributed by atoms with van der Waals surface area (Å²) < 4.78 is 52.2. The fourth-order valence-electron chi connectivity index (χ4n) is 6.24. The van der Waals surface area contributed by atoms with Crippen molar-refractivity contribution in [2.24, 2.45) is 34.0 Å². The third kappa shape index (κ3) is 9.29. The molecule has 0 radical (unpaired) electrons. The normalized spacial score (nSPS) is 24.6. The number of nitrogens with zero attached hydrogens (tertiary/aromatic N) is 2. The van der Waals surface area contributed by atoms with Crippen LogP contribution >= 0.6 is 0 Å². The van der Waals surface area contributed by atoms with Crippen LogP contribution in [0.2, 0.25) is 0 Å². The molecule has 0 aromatic carbocycles. The van der Waals surface area contributed by atoms with Crippen molar-refractivity contribution in [1.29, 1.82) is 0 Å². The molecule has 3 fully saturated rings. The summed E-state index contributed by atoms with van der Waals surface area (Å²) >= 11 is 0. The second-order valence-electron chi connectivity index (χ2n) is 16.1. The molecular weight excluding hydrogens is 622 g/mol. The zero-order valence-electron chi connectivity index (χ0n) is 28.9. The summed E-state index contributed by atoms with van der Waals surface area (Å²) in [6.07, 6.45) is -0.689. The summed E-state index contributed by atoms with van der Waals surface area (Å²) in [6, 6.07) is -4.84. The molecule has 3 rings (SSSR count). The standard InChI is InChI=1S/C31H54F2N6O6S/c1-29(2,3)20(16-38(9)46(10,44)45)36-28(43)37-24(30(4,5)6)27(42)39-15-18-22(31(18,7)8)23(39)26(41)35-19(13-21(32)33)25(40)34-14-17-11-12-17/h17-24H,11-16H2,1-10H3,(H,34,40)(H,35,41)(H2,36,37,43)/t18-,19-,20+,22-,23-,24+/m0/s1. The first-order valence-corrected chi connectivity index (χ1v) is 17.9. The molecule has 0 spiro atoms. The predicted molar refractivity (Wildman–Crippen MR) is 170 cm³/mol. The second-order valence-corrected chi connectivity index (χ2v) is 18.2. The fourth-order valence-corrected chi connectivity index (χ4v) is 6.66. The maximum absolute atomic E-state index is 14.2. The number of hydrogen-bond donors (Lipinski definition) is 4. The summed E-state index contributed by atoms with van der Waals surface area (Å²) in [4.78, 5) is 55.6. The Bertz CT molecular complexity index is 1280. The van der Waals surface area contributed by atoms with Gasteiger partial charge in [-0.25, -0.2) is 26.3 Å². The van der Waals surface area contributed by atoms with Crippen LogP contribution in [0, 0.1) is 34.0 Å². The molecule has 1 saturated heterocycles. The van der Waals surface area contributed by atoms with Crippen LogP contribution in [0.15, 0.2) is 0 Å². The Morgan fingerprint density at radius 1 is 0.978 bits per heavy atom. The van der Waals surface area contributed by atoms with Crippen molar-refractivity contribution in [1.82, 2.24) is 30.5 Å².